The van der Waals surface area contributed by atoms with Gasteiger partial charge in [0.15, 0.2) is 0 Å². The second-order valence-corrected chi connectivity index (χ2v) is 7.12. The second-order valence-electron chi connectivity index (χ2n) is 5.65. The molecule has 1 aliphatic rings. The Kier molecular flexibility index (Phi) is 5.96. The number of nitrogens with zero attached hydrogens (tertiary/aromatic N) is 1. The van der Waals surface area contributed by atoms with Gasteiger partial charge in [0, 0.05) is 16.7 Å². The fourth-order valence-corrected chi connectivity index (χ4v) is 3.72. The Bertz CT molecular complexity index is 1030. The van der Waals surface area contributed by atoms with Crippen LogP contribution in [-0.4, -0.2) is 35.4 Å². The van der Waals surface area contributed by atoms with Crippen LogP contribution < -0.4 is 4.74 Å². The monoisotopic (exact) mass is 417 g/mol. The fraction of sp³-hybridized carbons (Fsp3) is 0.100. The van der Waals surface area contributed by atoms with Crippen molar-refractivity contribution in [1.82, 2.24) is 0 Å². The number of aliphatic hydroxyl groups is 1. The molecule has 0 aromatic heterocycles. The molecule has 3 rings (SSSR count). The van der Waals surface area contributed by atoms with Gasteiger partial charge in [0.1, 0.15) is 27.9 Å². The number of carbonyl (C=O) groups is 1. The predicted octanol–water partition coefficient (Wildman–Crippen LogP) is 4.86. The SMILES string of the molecule is COC(=O)C1=C(O)/C(=C\c2ccc(O)cc2OC)SC1=Nc1cccc(Cl)c1. The number of aliphatic hydroxyl groups excluding tert-OH is 1. The Morgan fingerprint density at radius 2 is 1.96 bits per heavy atom. The summed E-state index contributed by atoms with van der Waals surface area (Å²) in [6, 6.07) is 11.4. The maximum Gasteiger partial charge on any atom is 0.344 e. The summed E-state index contributed by atoms with van der Waals surface area (Å²) in [5, 5.41) is 21.0. The van der Waals surface area contributed by atoms with E-state index in [1.807, 2.05) is 0 Å². The van der Waals surface area contributed by atoms with Crippen LogP contribution in [0.15, 0.2) is 63.7 Å². The van der Waals surface area contributed by atoms with Gasteiger partial charge < -0.3 is 19.7 Å². The summed E-state index contributed by atoms with van der Waals surface area (Å²) in [6.07, 6.45) is 1.64. The zero-order valence-electron chi connectivity index (χ0n) is 15.0. The molecule has 28 heavy (non-hydrogen) atoms. The zero-order chi connectivity index (χ0) is 20.3. The Balaban J connectivity index is 2.08. The molecule has 144 valence electrons. The number of ether oxygens (including phenoxy) is 2. The van der Waals surface area contributed by atoms with Gasteiger partial charge in [-0.15, -0.1) is 0 Å². The number of phenols is 1. The van der Waals surface area contributed by atoms with E-state index in [4.69, 9.17) is 21.1 Å². The Morgan fingerprint density at radius 1 is 1.18 bits per heavy atom. The first-order chi connectivity index (χ1) is 13.4. The number of aromatic hydroxyl groups is 1. The minimum absolute atomic E-state index is 0.0310. The highest BCUT2D eigenvalue weighted by Crippen LogP contribution is 2.41. The van der Waals surface area contributed by atoms with E-state index >= 15 is 0 Å². The molecule has 0 amide bonds. The molecule has 8 heteroatoms. The zero-order valence-corrected chi connectivity index (χ0v) is 16.5. The van der Waals surface area contributed by atoms with Gasteiger partial charge in [0.2, 0.25) is 0 Å². The molecule has 0 aliphatic carbocycles. The summed E-state index contributed by atoms with van der Waals surface area (Å²) in [5.74, 6) is -0.475. The predicted molar refractivity (Wildman–Crippen MR) is 110 cm³/mol. The lowest BCUT2D eigenvalue weighted by molar-refractivity contribution is -0.135. The standard InChI is InChI=1S/C20H16ClNO5S/c1-26-15-10-14(23)7-6-11(15)8-16-18(24)17(20(25)27-2)19(28-16)22-13-5-3-4-12(21)9-13/h3-10,23-24H,1-2H3/b16-8+,22-19?. The first-order valence-electron chi connectivity index (χ1n) is 8.06. The molecule has 6 nitrogen and oxygen atoms in total. The van der Waals surface area contributed by atoms with Gasteiger partial charge in [-0.2, -0.15) is 0 Å². The van der Waals surface area contributed by atoms with Crippen LogP contribution in [0.4, 0.5) is 5.69 Å². The third kappa shape index (κ3) is 4.16. The van der Waals surface area contributed by atoms with Crippen LogP contribution in [0.1, 0.15) is 5.56 Å². The van der Waals surface area contributed by atoms with Gasteiger partial charge in [0.05, 0.1) is 24.8 Å². The first kappa shape index (κ1) is 19.9. The van der Waals surface area contributed by atoms with Crippen molar-refractivity contribution in [3.63, 3.8) is 0 Å². The van der Waals surface area contributed by atoms with Crippen molar-refractivity contribution in [2.24, 2.45) is 4.99 Å². The van der Waals surface area contributed by atoms with E-state index in [-0.39, 0.29) is 22.1 Å². The lowest BCUT2D eigenvalue weighted by Crippen LogP contribution is -2.10. The number of hydrogen-bond donors (Lipinski definition) is 2. The van der Waals surface area contributed by atoms with Gasteiger partial charge in [0.25, 0.3) is 0 Å². The van der Waals surface area contributed by atoms with Gasteiger partial charge in [-0.25, -0.2) is 9.79 Å². The van der Waals surface area contributed by atoms with Crippen LogP contribution in [0.5, 0.6) is 11.5 Å². The van der Waals surface area contributed by atoms with Gasteiger partial charge in [-0.3, -0.25) is 0 Å². The molecule has 0 bridgehead atoms. The molecule has 0 fully saturated rings. The van der Waals surface area contributed by atoms with Crippen molar-refractivity contribution < 1.29 is 24.5 Å². The summed E-state index contributed by atoms with van der Waals surface area (Å²) in [4.78, 5) is 17.0. The molecule has 0 atom stereocenters. The molecule has 0 saturated carbocycles. The van der Waals surface area contributed by atoms with E-state index in [0.717, 1.165) is 11.8 Å². The number of phenolic OH excluding ortho intramolecular Hbond substituents is 1. The van der Waals surface area contributed by atoms with E-state index in [2.05, 4.69) is 4.99 Å². The number of halogens is 1. The number of hydrogen-bond acceptors (Lipinski definition) is 7. The third-order valence-electron chi connectivity index (χ3n) is 3.82. The normalized spacial score (nSPS) is 16.7. The van der Waals surface area contributed by atoms with Gasteiger partial charge in [-0.05, 0) is 36.4 Å². The van der Waals surface area contributed by atoms with Crippen LogP contribution in [0.25, 0.3) is 6.08 Å². The molecular formula is C20H16ClNO5S. The molecule has 2 aromatic rings. The minimum atomic E-state index is -0.702. The van der Waals surface area contributed by atoms with Crippen molar-refractivity contribution in [2.45, 2.75) is 0 Å². The highest BCUT2D eigenvalue weighted by atomic mass is 35.5. The summed E-state index contributed by atoms with van der Waals surface area (Å²) in [6.45, 7) is 0. The largest absolute Gasteiger partial charge is 0.508 e. The maximum absolute atomic E-state index is 12.2. The minimum Gasteiger partial charge on any atom is -0.508 e. The molecule has 0 unspecified atom stereocenters. The van der Waals surface area contributed by atoms with E-state index in [9.17, 15) is 15.0 Å². The Labute approximate surface area is 170 Å². The molecule has 2 aromatic carbocycles. The lowest BCUT2D eigenvalue weighted by Gasteiger charge is -2.06. The summed E-state index contributed by atoms with van der Waals surface area (Å²) in [7, 11) is 2.70. The van der Waals surface area contributed by atoms with Gasteiger partial charge in [-0.1, -0.05) is 29.4 Å². The second kappa shape index (κ2) is 8.41. The first-order valence-corrected chi connectivity index (χ1v) is 9.25. The Morgan fingerprint density at radius 3 is 2.64 bits per heavy atom. The van der Waals surface area contributed by atoms with E-state index in [0.29, 0.717) is 26.9 Å². The van der Waals surface area contributed by atoms with Crippen molar-refractivity contribution in [3.8, 4) is 11.5 Å². The van der Waals surface area contributed by atoms with Crippen LogP contribution in [0.3, 0.4) is 0 Å². The van der Waals surface area contributed by atoms with Gasteiger partial charge >= 0.3 is 5.97 Å². The topological polar surface area (TPSA) is 88.4 Å². The van der Waals surface area contributed by atoms with E-state index in [1.165, 1.54) is 26.4 Å². The lowest BCUT2D eigenvalue weighted by atomic mass is 10.1. The molecule has 0 radical (unpaired) electrons. The average Bonchev–Trinajstić information content (AvgIpc) is 2.97. The number of aliphatic imine (C=N–C) groups is 1. The molecular weight excluding hydrogens is 402 g/mol. The summed E-state index contributed by atoms with van der Waals surface area (Å²) >= 11 is 7.11. The molecule has 0 saturated heterocycles. The number of thioether (sulfide) groups is 1. The van der Waals surface area contributed by atoms with Crippen molar-refractivity contribution in [1.29, 1.82) is 0 Å². The number of methoxy groups -OCH3 is 2. The summed E-state index contributed by atoms with van der Waals surface area (Å²) < 4.78 is 10.0. The maximum atomic E-state index is 12.2. The van der Waals surface area contributed by atoms with Crippen LogP contribution >= 0.6 is 23.4 Å². The third-order valence-corrected chi connectivity index (χ3v) is 5.08. The van der Waals surface area contributed by atoms with Crippen LogP contribution in [-0.2, 0) is 9.53 Å². The van der Waals surface area contributed by atoms with Crippen molar-refractivity contribution >= 4 is 46.1 Å². The average molecular weight is 418 g/mol. The van der Waals surface area contributed by atoms with E-state index < -0.39 is 5.97 Å². The molecule has 1 aliphatic heterocycles. The highest BCUT2D eigenvalue weighted by molar-refractivity contribution is 8.18. The number of esters is 1. The Hall–Kier alpha value is -2.90. The highest BCUT2D eigenvalue weighted by Gasteiger charge is 2.33. The van der Waals surface area contributed by atoms with Crippen molar-refractivity contribution in [2.75, 3.05) is 14.2 Å². The van der Waals surface area contributed by atoms with Crippen LogP contribution in [0.2, 0.25) is 5.02 Å². The van der Waals surface area contributed by atoms with Crippen LogP contribution in [0, 0.1) is 0 Å². The number of carbonyl (C=O) groups excluding carboxylic acids is 1. The number of rotatable bonds is 4. The molecule has 0 spiro atoms. The molecule has 2 N–H and O–H groups in total. The van der Waals surface area contributed by atoms with E-state index in [1.54, 1.807) is 36.4 Å². The molecule has 1 heterocycles. The quantitative estimate of drug-likeness (QED) is 0.691. The smallest absolute Gasteiger partial charge is 0.344 e. The fourth-order valence-electron chi connectivity index (χ4n) is 2.51. The number of benzene rings is 2. The summed E-state index contributed by atoms with van der Waals surface area (Å²) in [5.41, 5.74) is 1.12. The van der Waals surface area contributed by atoms with Crippen molar-refractivity contribution in [3.05, 3.63) is 69.3 Å².